The van der Waals surface area contributed by atoms with Gasteiger partial charge in [-0.25, -0.2) is 4.99 Å². The summed E-state index contributed by atoms with van der Waals surface area (Å²) in [5, 5.41) is 0.916. The number of nitrogens with zero attached hydrogens (tertiary/aromatic N) is 1. The molecule has 0 unspecified atom stereocenters. The molecule has 132 valence electrons. The highest BCUT2D eigenvalue weighted by molar-refractivity contribution is 8.14. The van der Waals surface area contributed by atoms with Crippen LogP contribution in [0.4, 0.5) is 5.69 Å². The molecule has 2 aromatic rings. The highest BCUT2D eigenvalue weighted by Crippen LogP contribution is 2.42. The van der Waals surface area contributed by atoms with Crippen molar-refractivity contribution in [3.05, 3.63) is 50.7 Å². The molecule has 0 aliphatic heterocycles. The van der Waals surface area contributed by atoms with Crippen molar-refractivity contribution in [1.29, 1.82) is 0 Å². The molecule has 1 aromatic heterocycles. The van der Waals surface area contributed by atoms with Crippen LogP contribution in [0.5, 0.6) is 0 Å². The van der Waals surface area contributed by atoms with Crippen LogP contribution in [-0.2, 0) is 19.4 Å². The number of aliphatic imine (C=N–C) groups is 1. The number of hydrogen-bond acceptors (Lipinski definition) is 5. The molecular formula is C20H24N2OS2. The number of fused-ring (bicyclic) bond motifs is 1. The predicted molar refractivity (Wildman–Crippen MR) is 110 cm³/mol. The largest absolute Gasteiger partial charge is 0.326 e. The number of carbonyl (C=O) groups is 1. The van der Waals surface area contributed by atoms with Gasteiger partial charge in [-0.15, -0.1) is 23.1 Å². The minimum atomic E-state index is 0.262. The van der Waals surface area contributed by atoms with Crippen LogP contribution in [0, 0.1) is 5.41 Å². The molecular weight excluding hydrogens is 348 g/mol. The fraction of sp³-hybridized carbons (Fsp3) is 0.400. The van der Waals surface area contributed by atoms with E-state index in [1.165, 1.54) is 16.9 Å². The van der Waals surface area contributed by atoms with E-state index in [4.69, 9.17) is 10.7 Å². The van der Waals surface area contributed by atoms with Crippen LogP contribution in [-0.4, -0.2) is 17.6 Å². The summed E-state index contributed by atoms with van der Waals surface area (Å²) in [5.41, 5.74) is 9.99. The molecule has 1 aliphatic rings. The number of hydrogen-bond donors (Lipinski definition) is 1. The topological polar surface area (TPSA) is 55.4 Å². The Hall–Kier alpha value is -1.43. The molecule has 1 aliphatic carbocycles. The van der Waals surface area contributed by atoms with Crippen molar-refractivity contribution in [3.8, 4) is 0 Å². The van der Waals surface area contributed by atoms with Crippen molar-refractivity contribution in [2.24, 2.45) is 16.1 Å². The lowest BCUT2D eigenvalue weighted by atomic mass is 9.76. The van der Waals surface area contributed by atoms with E-state index in [9.17, 15) is 4.79 Å². The molecule has 1 heterocycles. The molecule has 0 radical (unpaired) electrons. The van der Waals surface area contributed by atoms with Gasteiger partial charge in [-0.1, -0.05) is 26.0 Å². The summed E-state index contributed by atoms with van der Waals surface area (Å²) in [7, 11) is 0. The standard InChI is InChI=1S/C20H24N2OS2/c1-20(2)9-8-17-15(10-20)16(12-23)18(25-17)19(24-3)22-14-6-4-13(11-21)5-7-14/h4-7,12H,8-11,21H2,1-3H3/b22-19-. The molecule has 3 rings (SSSR count). The van der Waals surface area contributed by atoms with Crippen molar-refractivity contribution in [2.45, 2.75) is 39.7 Å². The zero-order valence-electron chi connectivity index (χ0n) is 15.0. The second-order valence-electron chi connectivity index (χ2n) is 7.20. The number of thioether (sulfide) groups is 1. The fourth-order valence-electron chi connectivity index (χ4n) is 3.24. The normalized spacial score (nSPS) is 16.6. The molecule has 0 bridgehead atoms. The number of rotatable bonds is 4. The van der Waals surface area contributed by atoms with Gasteiger partial charge >= 0.3 is 0 Å². The average molecular weight is 373 g/mol. The van der Waals surface area contributed by atoms with Crippen molar-refractivity contribution in [1.82, 2.24) is 0 Å². The SMILES string of the molecule is CS/C(=N\c1ccc(CN)cc1)c1sc2c(c1C=O)CC(C)(C)CC2. The van der Waals surface area contributed by atoms with E-state index in [-0.39, 0.29) is 5.41 Å². The monoisotopic (exact) mass is 372 g/mol. The Balaban J connectivity index is 2.02. The number of carbonyl (C=O) groups excluding carboxylic acids is 1. The predicted octanol–water partition coefficient (Wildman–Crippen LogP) is 4.98. The third kappa shape index (κ3) is 3.89. The number of benzene rings is 1. The lowest BCUT2D eigenvalue weighted by molar-refractivity contribution is 0.112. The highest BCUT2D eigenvalue weighted by Gasteiger charge is 2.31. The Morgan fingerprint density at radius 2 is 2.08 bits per heavy atom. The van der Waals surface area contributed by atoms with Gasteiger partial charge in [-0.2, -0.15) is 0 Å². The van der Waals surface area contributed by atoms with Crippen molar-refractivity contribution >= 4 is 40.1 Å². The van der Waals surface area contributed by atoms with E-state index in [2.05, 4.69) is 13.8 Å². The third-order valence-corrected chi connectivity index (χ3v) is 6.85. The van der Waals surface area contributed by atoms with E-state index >= 15 is 0 Å². The van der Waals surface area contributed by atoms with Gasteiger partial charge in [-0.05, 0) is 54.2 Å². The van der Waals surface area contributed by atoms with E-state index in [1.807, 2.05) is 30.5 Å². The van der Waals surface area contributed by atoms with Crippen LogP contribution in [0.15, 0.2) is 29.3 Å². The number of aryl methyl sites for hydroxylation is 1. The Morgan fingerprint density at radius 1 is 1.36 bits per heavy atom. The molecule has 0 spiro atoms. The maximum absolute atomic E-state index is 11.9. The van der Waals surface area contributed by atoms with E-state index in [1.54, 1.807) is 23.1 Å². The van der Waals surface area contributed by atoms with Gasteiger partial charge in [0.2, 0.25) is 0 Å². The molecule has 1 aromatic carbocycles. The minimum Gasteiger partial charge on any atom is -0.326 e. The van der Waals surface area contributed by atoms with Gasteiger partial charge in [0.15, 0.2) is 6.29 Å². The van der Waals surface area contributed by atoms with Gasteiger partial charge in [0.05, 0.1) is 10.6 Å². The molecule has 5 heteroatoms. The molecule has 3 nitrogen and oxygen atoms in total. The van der Waals surface area contributed by atoms with Gasteiger partial charge in [0, 0.05) is 17.0 Å². The summed E-state index contributed by atoms with van der Waals surface area (Å²) in [5.74, 6) is 0. The highest BCUT2D eigenvalue weighted by atomic mass is 32.2. The lowest BCUT2D eigenvalue weighted by Gasteiger charge is -2.29. The zero-order chi connectivity index (χ0) is 18.0. The molecule has 0 saturated heterocycles. The fourth-order valence-corrected chi connectivity index (χ4v) is 5.28. The summed E-state index contributed by atoms with van der Waals surface area (Å²) in [6, 6.07) is 7.96. The number of aldehydes is 1. The first kappa shape index (κ1) is 18.4. The summed E-state index contributed by atoms with van der Waals surface area (Å²) >= 11 is 3.34. The summed E-state index contributed by atoms with van der Waals surface area (Å²) < 4.78 is 0. The van der Waals surface area contributed by atoms with Crippen molar-refractivity contribution in [3.63, 3.8) is 0 Å². The average Bonchev–Trinajstić information content (AvgIpc) is 2.96. The van der Waals surface area contributed by atoms with Gasteiger partial charge < -0.3 is 5.73 Å². The van der Waals surface area contributed by atoms with Crippen molar-refractivity contribution in [2.75, 3.05) is 6.26 Å². The van der Waals surface area contributed by atoms with E-state index in [0.717, 1.165) is 45.9 Å². The minimum absolute atomic E-state index is 0.262. The van der Waals surface area contributed by atoms with Crippen molar-refractivity contribution < 1.29 is 4.79 Å². The summed E-state index contributed by atoms with van der Waals surface area (Å²) in [6.07, 6.45) is 6.24. The first-order valence-corrected chi connectivity index (χ1v) is 10.5. The van der Waals surface area contributed by atoms with Crippen LogP contribution in [0.3, 0.4) is 0 Å². The van der Waals surface area contributed by atoms with Gasteiger partial charge in [-0.3, -0.25) is 4.79 Å². The lowest BCUT2D eigenvalue weighted by Crippen LogP contribution is -2.21. The number of thiophene rings is 1. The summed E-state index contributed by atoms with van der Waals surface area (Å²) in [6.45, 7) is 5.09. The number of nitrogens with two attached hydrogens (primary N) is 1. The van der Waals surface area contributed by atoms with Crippen LogP contribution >= 0.6 is 23.1 Å². The molecule has 0 atom stereocenters. The Bertz CT molecular complexity index is 804. The molecule has 0 saturated carbocycles. The van der Waals surface area contributed by atoms with Crippen LogP contribution in [0.1, 0.15) is 51.5 Å². The second-order valence-corrected chi connectivity index (χ2v) is 9.10. The summed E-state index contributed by atoms with van der Waals surface area (Å²) in [4.78, 5) is 19.0. The maximum Gasteiger partial charge on any atom is 0.151 e. The Morgan fingerprint density at radius 3 is 2.68 bits per heavy atom. The molecule has 0 amide bonds. The third-order valence-electron chi connectivity index (χ3n) is 4.72. The van der Waals surface area contributed by atoms with Gasteiger partial charge in [0.1, 0.15) is 5.04 Å². The maximum atomic E-state index is 11.9. The van der Waals surface area contributed by atoms with Crippen LogP contribution < -0.4 is 5.73 Å². The molecule has 0 fully saturated rings. The molecule has 25 heavy (non-hydrogen) atoms. The smallest absolute Gasteiger partial charge is 0.151 e. The quantitative estimate of drug-likeness (QED) is 0.468. The Kier molecular flexibility index (Phi) is 5.46. The van der Waals surface area contributed by atoms with Gasteiger partial charge in [0.25, 0.3) is 0 Å². The Labute approximate surface area is 157 Å². The first-order valence-electron chi connectivity index (χ1n) is 8.49. The van der Waals surface area contributed by atoms with Crippen LogP contribution in [0.2, 0.25) is 0 Å². The first-order chi connectivity index (χ1) is 12.0. The second kappa shape index (κ2) is 7.44. The van der Waals surface area contributed by atoms with E-state index < -0.39 is 0 Å². The van der Waals surface area contributed by atoms with E-state index in [0.29, 0.717) is 6.54 Å². The van der Waals surface area contributed by atoms with Crippen LogP contribution in [0.25, 0.3) is 0 Å². The zero-order valence-corrected chi connectivity index (χ0v) is 16.6. The molecule has 2 N–H and O–H groups in total.